The van der Waals surface area contributed by atoms with Crippen molar-refractivity contribution in [2.75, 3.05) is 7.11 Å². The predicted octanol–water partition coefficient (Wildman–Crippen LogP) is 1.18. The molecule has 0 fully saturated rings. The van der Waals surface area contributed by atoms with E-state index in [0.717, 1.165) is 0 Å². The van der Waals surface area contributed by atoms with Crippen molar-refractivity contribution in [1.82, 2.24) is 0 Å². The van der Waals surface area contributed by atoms with Gasteiger partial charge in [0.25, 0.3) is 0 Å². The monoisotopic (exact) mass is 215 g/mol. The first-order valence-electron chi connectivity index (χ1n) is 3.12. The van der Waals surface area contributed by atoms with Crippen LogP contribution in [0.3, 0.4) is 0 Å². The molecule has 0 saturated heterocycles. The predicted molar refractivity (Wildman–Crippen MR) is 39.4 cm³/mol. The number of phenols is 1. The minimum atomic E-state index is -0.525. The Balaban J connectivity index is 0.00000121. The second kappa shape index (κ2) is 4.80. The molecule has 0 aromatic heterocycles. The zero-order valence-electron chi connectivity index (χ0n) is 6.37. The molecule has 1 radical (unpaired) electrons. The number of benzene rings is 1. The van der Waals surface area contributed by atoms with Gasteiger partial charge in [-0.25, -0.2) is 4.79 Å². The number of rotatable bonds is 1. The summed E-state index contributed by atoms with van der Waals surface area (Å²) in [4.78, 5) is 10.9. The number of phenolic OH excluding ortho intramolecular Hbond substituents is 1. The van der Waals surface area contributed by atoms with Gasteiger partial charge in [-0.15, -0.1) is 0 Å². The van der Waals surface area contributed by atoms with Gasteiger partial charge < -0.3 is 9.84 Å². The zero-order valence-corrected chi connectivity index (χ0v) is 7.32. The van der Waals surface area contributed by atoms with Gasteiger partial charge in [-0.05, 0) is 12.1 Å². The molecule has 0 heterocycles. The summed E-state index contributed by atoms with van der Waals surface area (Å²) in [5.74, 6) is -0.581. The van der Waals surface area contributed by atoms with Crippen LogP contribution in [-0.2, 0) is 21.8 Å². The van der Waals surface area contributed by atoms with Crippen molar-refractivity contribution in [3.63, 3.8) is 0 Å². The molecule has 0 aliphatic rings. The third kappa shape index (κ3) is 2.26. The molecule has 4 heteroatoms. The maximum Gasteiger partial charge on any atom is 0.341 e. The molecule has 3 nitrogen and oxygen atoms in total. The molecule has 0 aliphatic heterocycles. The summed E-state index contributed by atoms with van der Waals surface area (Å²) in [6.07, 6.45) is 0. The number of carbonyl (C=O) groups is 1. The van der Waals surface area contributed by atoms with Crippen molar-refractivity contribution in [3.05, 3.63) is 29.8 Å². The van der Waals surface area contributed by atoms with Gasteiger partial charge >= 0.3 is 5.97 Å². The number of carbonyl (C=O) groups excluding carboxylic acids is 1. The van der Waals surface area contributed by atoms with E-state index in [-0.39, 0.29) is 28.4 Å². The van der Waals surface area contributed by atoms with Gasteiger partial charge in [0.1, 0.15) is 11.3 Å². The van der Waals surface area contributed by atoms with Crippen molar-refractivity contribution < 1.29 is 31.7 Å². The minimum Gasteiger partial charge on any atom is -0.507 e. The van der Waals surface area contributed by atoms with Crippen LogP contribution >= 0.6 is 0 Å². The molecule has 0 atom stereocenters. The summed E-state index contributed by atoms with van der Waals surface area (Å²) < 4.78 is 4.42. The molecule has 0 bridgehead atoms. The van der Waals surface area contributed by atoms with E-state index >= 15 is 0 Å². The summed E-state index contributed by atoms with van der Waals surface area (Å²) in [6, 6.07) is 6.24. The number of aromatic hydroxyl groups is 1. The molecule has 0 unspecified atom stereocenters. The van der Waals surface area contributed by atoms with E-state index in [1.807, 2.05) is 0 Å². The SMILES string of the molecule is COC(=O)c1ccccc1O.[Cu]. The van der Waals surface area contributed by atoms with E-state index in [9.17, 15) is 4.79 Å². The van der Waals surface area contributed by atoms with Gasteiger partial charge in [-0.2, -0.15) is 0 Å². The maximum atomic E-state index is 10.9. The van der Waals surface area contributed by atoms with Crippen LogP contribution in [-0.4, -0.2) is 18.2 Å². The van der Waals surface area contributed by atoms with Gasteiger partial charge in [-0.3, -0.25) is 0 Å². The maximum absolute atomic E-state index is 10.9. The first kappa shape index (κ1) is 11.0. The van der Waals surface area contributed by atoms with E-state index in [2.05, 4.69) is 4.74 Å². The normalized spacial score (nSPS) is 8.42. The fourth-order valence-electron chi connectivity index (χ4n) is 0.756. The van der Waals surface area contributed by atoms with E-state index in [1.165, 1.54) is 19.2 Å². The third-order valence-electron chi connectivity index (χ3n) is 1.31. The number of hydrogen-bond donors (Lipinski definition) is 1. The van der Waals surface area contributed by atoms with Crippen LogP contribution in [0.1, 0.15) is 10.4 Å². The molecule has 0 spiro atoms. The van der Waals surface area contributed by atoms with Crippen molar-refractivity contribution in [2.24, 2.45) is 0 Å². The second-order valence-electron chi connectivity index (χ2n) is 2.01. The van der Waals surface area contributed by atoms with Crippen LogP contribution in [0.5, 0.6) is 5.75 Å². The standard InChI is InChI=1S/C8H8O3.Cu/c1-11-8(10)6-4-2-3-5-7(6)9;/h2-5,9H,1H3;. The Labute approximate surface area is 80.8 Å². The van der Waals surface area contributed by atoms with Crippen molar-refractivity contribution >= 4 is 5.97 Å². The molecule has 69 valence electrons. The summed E-state index contributed by atoms with van der Waals surface area (Å²) in [7, 11) is 1.27. The Morgan fingerprint density at radius 3 is 2.50 bits per heavy atom. The molecule has 0 saturated carbocycles. The van der Waals surface area contributed by atoms with Crippen LogP contribution in [0.2, 0.25) is 0 Å². The second-order valence-corrected chi connectivity index (χ2v) is 2.01. The number of hydrogen-bond acceptors (Lipinski definition) is 3. The fraction of sp³-hybridized carbons (Fsp3) is 0.125. The summed E-state index contributed by atoms with van der Waals surface area (Å²) in [5, 5.41) is 9.11. The van der Waals surface area contributed by atoms with E-state index < -0.39 is 5.97 Å². The Morgan fingerprint density at radius 2 is 2.00 bits per heavy atom. The zero-order chi connectivity index (χ0) is 8.27. The fourth-order valence-corrected chi connectivity index (χ4v) is 0.756. The Hall–Kier alpha value is -0.991. The van der Waals surface area contributed by atoms with Crippen LogP contribution in [0.25, 0.3) is 0 Å². The topological polar surface area (TPSA) is 46.5 Å². The molecule has 0 aliphatic carbocycles. The summed E-state index contributed by atoms with van der Waals surface area (Å²) in [6.45, 7) is 0. The Bertz CT molecular complexity index is 273. The minimum absolute atomic E-state index is 0. The Kier molecular flexibility index (Phi) is 4.40. The number of esters is 1. The van der Waals surface area contributed by atoms with Gasteiger partial charge in [0.2, 0.25) is 0 Å². The van der Waals surface area contributed by atoms with Crippen LogP contribution in [0.15, 0.2) is 24.3 Å². The van der Waals surface area contributed by atoms with Crippen molar-refractivity contribution in [3.8, 4) is 5.75 Å². The molecular formula is C8H8CuO3. The van der Waals surface area contributed by atoms with E-state index in [0.29, 0.717) is 0 Å². The molecular weight excluding hydrogens is 208 g/mol. The average Bonchev–Trinajstić information content (AvgIpc) is 2.04. The number of ether oxygens (including phenoxy) is 1. The van der Waals surface area contributed by atoms with E-state index in [4.69, 9.17) is 5.11 Å². The smallest absolute Gasteiger partial charge is 0.341 e. The van der Waals surface area contributed by atoms with Gasteiger partial charge in [0, 0.05) is 17.1 Å². The molecule has 1 rings (SSSR count). The summed E-state index contributed by atoms with van der Waals surface area (Å²) >= 11 is 0. The van der Waals surface area contributed by atoms with Crippen molar-refractivity contribution in [1.29, 1.82) is 0 Å². The van der Waals surface area contributed by atoms with Crippen LogP contribution in [0, 0.1) is 0 Å². The van der Waals surface area contributed by atoms with Gasteiger partial charge in [0.15, 0.2) is 0 Å². The Morgan fingerprint density at radius 1 is 1.42 bits per heavy atom. The van der Waals surface area contributed by atoms with Crippen LogP contribution in [0.4, 0.5) is 0 Å². The number of para-hydroxylation sites is 1. The molecule has 1 aromatic carbocycles. The first-order valence-corrected chi connectivity index (χ1v) is 3.12. The van der Waals surface area contributed by atoms with Gasteiger partial charge in [-0.1, -0.05) is 12.1 Å². The molecule has 1 N–H and O–H groups in total. The summed E-state index contributed by atoms with van der Waals surface area (Å²) in [5.41, 5.74) is 0.190. The first-order chi connectivity index (χ1) is 5.25. The van der Waals surface area contributed by atoms with Crippen molar-refractivity contribution in [2.45, 2.75) is 0 Å². The van der Waals surface area contributed by atoms with Gasteiger partial charge in [0.05, 0.1) is 7.11 Å². The molecule has 0 amide bonds. The quantitative estimate of drug-likeness (QED) is 0.565. The van der Waals surface area contributed by atoms with Crippen LogP contribution < -0.4 is 0 Å². The average molecular weight is 216 g/mol. The number of methoxy groups -OCH3 is 1. The third-order valence-corrected chi connectivity index (χ3v) is 1.31. The largest absolute Gasteiger partial charge is 0.507 e. The van der Waals surface area contributed by atoms with E-state index in [1.54, 1.807) is 12.1 Å². The molecule has 1 aromatic rings. The molecule has 12 heavy (non-hydrogen) atoms.